The highest BCUT2D eigenvalue weighted by Gasteiger charge is 2.42. The summed E-state index contributed by atoms with van der Waals surface area (Å²) in [5.74, 6) is 0. The lowest BCUT2D eigenvalue weighted by atomic mass is 10.3. The number of rotatable bonds is 5. The number of para-hydroxylation sites is 1. The summed E-state index contributed by atoms with van der Waals surface area (Å²) < 4.78 is 0. The van der Waals surface area contributed by atoms with E-state index >= 15 is 0 Å². The molecule has 110 valence electrons. The van der Waals surface area contributed by atoms with Crippen LogP contribution in [-0.2, 0) is 0 Å². The molecule has 0 saturated heterocycles. The second-order valence-electron chi connectivity index (χ2n) is 5.10. The maximum absolute atomic E-state index is 4.74. The molecule has 22 heavy (non-hydrogen) atoms. The fourth-order valence-electron chi connectivity index (χ4n) is 2.57. The number of benzene rings is 3. The summed E-state index contributed by atoms with van der Waals surface area (Å²) in [6.07, 6.45) is 0. The maximum atomic E-state index is 4.74. The highest BCUT2D eigenvalue weighted by atomic mass is 32.1. The van der Waals surface area contributed by atoms with E-state index in [4.69, 9.17) is 12.6 Å². The van der Waals surface area contributed by atoms with Gasteiger partial charge in [0.05, 0.1) is 5.69 Å². The third-order valence-corrected chi connectivity index (χ3v) is 8.40. The SMILES string of the molecule is SC[P+](Nc1ccccc1)(c1ccccc1)c1ccccc1. The Labute approximate surface area is 138 Å². The van der Waals surface area contributed by atoms with Gasteiger partial charge in [0.25, 0.3) is 0 Å². The zero-order chi connectivity index (χ0) is 15.3. The Morgan fingerprint density at radius 3 is 1.45 bits per heavy atom. The minimum Gasteiger partial charge on any atom is -0.250 e. The van der Waals surface area contributed by atoms with Crippen LogP contribution in [0.1, 0.15) is 0 Å². The van der Waals surface area contributed by atoms with Crippen molar-refractivity contribution in [1.82, 2.24) is 0 Å². The third kappa shape index (κ3) is 3.04. The Morgan fingerprint density at radius 1 is 0.636 bits per heavy atom. The van der Waals surface area contributed by atoms with Crippen LogP contribution in [0.25, 0.3) is 0 Å². The monoisotopic (exact) mass is 324 g/mol. The largest absolute Gasteiger partial charge is 0.250 e. The molecular weight excluding hydrogens is 305 g/mol. The normalized spacial score (nSPS) is 11.1. The highest BCUT2D eigenvalue weighted by molar-refractivity contribution is 8.02. The van der Waals surface area contributed by atoms with Gasteiger partial charge in [-0.1, -0.05) is 54.6 Å². The zero-order valence-corrected chi connectivity index (χ0v) is 14.1. The van der Waals surface area contributed by atoms with Crippen molar-refractivity contribution in [3.63, 3.8) is 0 Å². The summed E-state index contributed by atoms with van der Waals surface area (Å²) in [5, 5.41) is 6.45. The van der Waals surface area contributed by atoms with Crippen LogP contribution < -0.4 is 15.7 Å². The molecule has 3 aromatic rings. The fraction of sp³-hybridized carbons (Fsp3) is 0.0526. The first-order valence-corrected chi connectivity index (χ1v) is 9.89. The van der Waals surface area contributed by atoms with Gasteiger partial charge in [0, 0.05) is 0 Å². The van der Waals surface area contributed by atoms with Crippen molar-refractivity contribution in [3.05, 3.63) is 91.0 Å². The van der Waals surface area contributed by atoms with E-state index in [0.29, 0.717) is 0 Å². The van der Waals surface area contributed by atoms with Crippen molar-refractivity contribution in [2.24, 2.45) is 0 Å². The zero-order valence-electron chi connectivity index (χ0n) is 12.3. The molecule has 1 N–H and O–H groups in total. The van der Waals surface area contributed by atoms with Gasteiger partial charge in [-0.05, 0) is 36.4 Å². The van der Waals surface area contributed by atoms with E-state index in [9.17, 15) is 0 Å². The lowest BCUT2D eigenvalue weighted by Gasteiger charge is -2.26. The van der Waals surface area contributed by atoms with E-state index in [1.54, 1.807) is 0 Å². The summed E-state index contributed by atoms with van der Waals surface area (Å²) >= 11 is 4.74. The molecule has 0 unspecified atom stereocenters. The fourth-order valence-corrected chi connectivity index (χ4v) is 6.67. The lowest BCUT2D eigenvalue weighted by Crippen LogP contribution is -2.29. The molecule has 0 fully saturated rings. The number of hydrogen-bond donors (Lipinski definition) is 2. The highest BCUT2D eigenvalue weighted by Crippen LogP contribution is 2.56. The van der Waals surface area contributed by atoms with E-state index < -0.39 is 7.41 Å². The molecule has 0 aromatic heterocycles. The van der Waals surface area contributed by atoms with Crippen LogP contribution in [0.15, 0.2) is 91.0 Å². The Bertz CT molecular complexity index is 662. The molecular formula is C19H19NPS+. The van der Waals surface area contributed by atoms with Gasteiger partial charge in [-0.2, -0.15) is 0 Å². The molecule has 0 atom stereocenters. The number of nitrogens with one attached hydrogen (secondary N) is 1. The first kappa shape index (κ1) is 15.1. The van der Waals surface area contributed by atoms with Crippen LogP contribution in [0.5, 0.6) is 0 Å². The molecule has 3 aromatic carbocycles. The van der Waals surface area contributed by atoms with Crippen LogP contribution in [0.4, 0.5) is 5.69 Å². The van der Waals surface area contributed by atoms with Gasteiger partial charge in [0.15, 0.2) is 7.41 Å². The predicted molar refractivity (Wildman–Crippen MR) is 103 cm³/mol. The molecule has 3 rings (SSSR count). The number of anilines is 1. The van der Waals surface area contributed by atoms with Crippen LogP contribution in [0.3, 0.4) is 0 Å². The number of hydrogen-bond acceptors (Lipinski definition) is 2. The third-order valence-electron chi connectivity index (χ3n) is 3.70. The summed E-state index contributed by atoms with van der Waals surface area (Å²) in [7, 11) is -1.79. The molecule has 0 aliphatic rings. The van der Waals surface area contributed by atoms with Crippen LogP contribution >= 0.6 is 20.0 Å². The van der Waals surface area contributed by atoms with Crippen molar-refractivity contribution in [3.8, 4) is 0 Å². The van der Waals surface area contributed by atoms with Crippen LogP contribution in [-0.4, -0.2) is 5.49 Å². The van der Waals surface area contributed by atoms with Crippen molar-refractivity contribution in [1.29, 1.82) is 0 Å². The molecule has 0 aliphatic heterocycles. The molecule has 0 bridgehead atoms. The predicted octanol–water partition coefficient (Wildman–Crippen LogP) is 4.57. The summed E-state index contributed by atoms with van der Waals surface area (Å²) in [6, 6.07) is 31.7. The van der Waals surface area contributed by atoms with Crippen molar-refractivity contribution in [2.45, 2.75) is 0 Å². The molecule has 0 amide bonds. The van der Waals surface area contributed by atoms with Crippen molar-refractivity contribution in [2.75, 3.05) is 10.6 Å². The van der Waals surface area contributed by atoms with Gasteiger partial charge < -0.3 is 0 Å². The quantitative estimate of drug-likeness (QED) is 0.517. The summed E-state index contributed by atoms with van der Waals surface area (Å²) in [5.41, 5.74) is 1.91. The second-order valence-corrected chi connectivity index (χ2v) is 9.11. The Balaban J connectivity index is 2.13. The molecule has 0 radical (unpaired) electrons. The van der Waals surface area contributed by atoms with Gasteiger partial charge in [0.2, 0.25) is 0 Å². The number of thiol groups is 1. The standard InChI is InChI=1S/C19H18NPS/c22-16-21(18-12-6-2-7-13-18,19-14-8-3-9-15-19)20-17-10-4-1-5-11-17/h1-15,20H,16H2/p+1. The van der Waals surface area contributed by atoms with Gasteiger partial charge in [-0.15, -0.1) is 12.6 Å². The first-order chi connectivity index (χ1) is 10.8. The second kappa shape index (κ2) is 7.00. The van der Waals surface area contributed by atoms with E-state index in [0.717, 1.165) is 11.2 Å². The molecule has 0 saturated carbocycles. The maximum Gasteiger partial charge on any atom is 0.177 e. The summed E-state index contributed by atoms with van der Waals surface area (Å²) in [4.78, 5) is 0. The molecule has 1 nitrogen and oxygen atoms in total. The van der Waals surface area contributed by atoms with Gasteiger partial charge in [0.1, 0.15) is 16.1 Å². The van der Waals surface area contributed by atoms with E-state index in [1.165, 1.54) is 10.6 Å². The average Bonchev–Trinajstić information content (AvgIpc) is 2.62. The van der Waals surface area contributed by atoms with Crippen molar-refractivity contribution >= 4 is 36.3 Å². The average molecular weight is 324 g/mol. The van der Waals surface area contributed by atoms with Crippen LogP contribution in [0, 0.1) is 0 Å². The van der Waals surface area contributed by atoms with Gasteiger partial charge in [-0.25, -0.2) is 0 Å². The molecule has 3 heteroatoms. The minimum absolute atomic E-state index is 0.774. The van der Waals surface area contributed by atoms with Gasteiger partial charge >= 0.3 is 0 Å². The lowest BCUT2D eigenvalue weighted by molar-refractivity contribution is 1.64. The summed E-state index contributed by atoms with van der Waals surface area (Å²) in [6.45, 7) is 0. The van der Waals surface area contributed by atoms with Crippen molar-refractivity contribution < 1.29 is 0 Å². The Kier molecular flexibility index (Phi) is 4.82. The minimum atomic E-state index is -1.79. The Hall–Kier alpha value is -1.76. The van der Waals surface area contributed by atoms with E-state index in [1.807, 2.05) is 6.07 Å². The first-order valence-electron chi connectivity index (χ1n) is 7.29. The molecule has 0 spiro atoms. The smallest absolute Gasteiger partial charge is 0.177 e. The molecule has 0 aliphatic carbocycles. The molecule has 0 heterocycles. The van der Waals surface area contributed by atoms with Gasteiger partial charge in [-0.3, -0.25) is 5.09 Å². The Morgan fingerprint density at radius 2 is 1.05 bits per heavy atom. The topological polar surface area (TPSA) is 12.0 Å². The van der Waals surface area contributed by atoms with E-state index in [2.05, 4.69) is 90.0 Å². The van der Waals surface area contributed by atoms with E-state index in [-0.39, 0.29) is 0 Å². The van der Waals surface area contributed by atoms with Crippen LogP contribution in [0.2, 0.25) is 0 Å².